The summed E-state index contributed by atoms with van der Waals surface area (Å²) in [6.07, 6.45) is 3.28. The second-order valence-electron chi connectivity index (χ2n) is 6.46. The van der Waals surface area contributed by atoms with E-state index in [1.807, 2.05) is 5.38 Å². The van der Waals surface area contributed by atoms with Crippen molar-refractivity contribution in [2.75, 3.05) is 18.6 Å². The number of carboxylic acids is 1. The van der Waals surface area contributed by atoms with E-state index in [0.717, 1.165) is 16.2 Å². The molecule has 1 unspecified atom stereocenters. The van der Waals surface area contributed by atoms with Crippen molar-refractivity contribution >= 4 is 69.1 Å². The number of nitrogens with zero attached hydrogens (tertiary/aromatic N) is 4. The van der Waals surface area contributed by atoms with Crippen LogP contribution in [0.4, 0.5) is 5.13 Å². The number of nitrogens with one attached hydrogen (secondary N) is 1. The van der Waals surface area contributed by atoms with Gasteiger partial charge >= 0.3 is 29.6 Å². The minimum Gasteiger partial charge on any atom is -0.543 e. The van der Waals surface area contributed by atoms with E-state index in [2.05, 4.69) is 20.4 Å². The van der Waals surface area contributed by atoms with Gasteiger partial charge in [0.25, 0.3) is 11.8 Å². The number of aliphatic carboxylic acids is 1. The molecule has 2 atom stereocenters. The first kappa shape index (κ1) is 25.4. The van der Waals surface area contributed by atoms with Crippen LogP contribution in [-0.4, -0.2) is 62.6 Å². The summed E-state index contributed by atoms with van der Waals surface area (Å²) in [5.41, 5.74) is 8.23. The number of thiazole rings is 2. The molecule has 166 valence electrons. The number of nitrogen functional groups attached to an aromatic ring is 1. The summed E-state index contributed by atoms with van der Waals surface area (Å²) in [6, 6.07) is -0.941. The number of carbonyl (C=O) groups excluding carboxylic acids is 3. The van der Waals surface area contributed by atoms with Crippen LogP contribution in [0.3, 0.4) is 0 Å². The van der Waals surface area contributed by atoms with Crippen molar-refractivity contribution in [3.63, 3.8) is 0 Å². The molecule has 0 bridgehead atoms. The Morgan fingerprint density at radius 2 is 2.18 bits per heavy atom. The second-order valence-corrected chi connectivity index (χ2v) is 9.18. The number of thioether (sulfide) groups is 1. The molecule has 2 aliphatic heterocycles. The molecule has 3 N–H and O–H groups in total. The summed E-state index contributed by atoms with van der Waals surface area (Å²) >= 11 is 3.86. The summed E-state index contributed by atoms with van der Waals surface area (Å²) in [5, 5.41) is 21.1. The Kier molecular flexibility index (Phi) is 8.31. The quantitative estimate of drug-likeness (QED) is 0.166. The van der Waals surface area contributed by atoms with E-state index in [1.54, 1.807) is 17.7 Å². The number of amides is 2. The number of fused-ring (bicyclic) bond motifs is 1. The number of anilines is 1. The van der Waals surface area contributed by atoms with E-state index < -0.39 is 29.2 Å². The van der Waals surface area contributed by atoms with Crippen LogP contribution in [0.25, 0.3) is 6.08 Å². The molecule has 0 spiro atoms. The van der Waals surface area contributed by atoms with Crippen molar-refractivity contribution in [3.8, 4) is 0 Å². The third-order valence-electron chi connectivity index (χ3n) is 4.55. The molecule has 1 fully saturated rings. The van der Waals surface area contributed by atoms with Crippen LogP contribution in [0.15, 0.2) is 38.8 Å². The van der Waals surface area contributed by atoms with Crippen molar-refractivity contribution in [2.24, 2.45) is 5.16 Å². The van der Waals surface area contributed by atoms with Crippen molar-refractivity contribution < 1.29 is 53.9 Å². The van der Waals surface area contributed by atoms with E-state index in [1.165, 1.54) is 35.6 Å². The molecule has 11 nitrogen and oxygen atoms in total. The number of carbonyl (C=O) groups is 3. The first-order chi connectivity index (χ1) is 15.4. The number of oxime groups is 1. The molecule has 4 heterocycles. The van der Waals surface area contributed by atoms with Gasteiger partial charge in [0, 0.05) is 16.5 Å². The van der Waals surface area contributed by atoms with E-state index in [0.29, 0.717) is 17.0 Å². The molecular weight excluding hydrogens is 499 g/mol. The molecule has 33 heavy (non-hydrogen) atoms. The largest absolute Gasteiger partial charge is 1.00 e. The summed E-state index contributed by atoms with van der Waals surface area (Å²) in [7, 11) is 1.27. The average Bonchev–Trinajstić information content (AvgIpc) is 3.45. The Morgan fingerprint density at radius 3 is 2.79 bits per heavy atom. The zero-order valence-corrected chi connectivity index (χ0v) is 21.8. The number of nitrogens with two attached hydrogens (primary N) is 1. The monoisotopic (exact) mass is 514 g/mol. The first-order valence-corrected chi connectivity index (χ1v) is 11.9. The van der Waals surface area contributed by atoms with E-state index in [-0.39, 0.29) is 51.8 Å². The molecule has 2 aliphatic rings. The van der Waals surface area contributed by atoms with Gasteiger partial charge in [0.05, 0.1) is 22.9 Å². The predicted octanol–water partition coefficient (Wildman–Crippen LogP) is -3.35. The van der Waals surface area contributed by atoms with Gasteiger partial charge in [0.15, 0.2) is 10.8 Å². The summed E-state index contributed by atoms with van der Waals surface area (Å²) in [4.78, 5) is 51.3. The van der Waals surface area contributed by atoms with Crippen molar-refractivity contribution in [1.82, 2.24) is 20.2 Å². The maximum absolute atomic E-state index is 12.8. The molecule has 0 aromatic carbocycles. The van der Waals surface area contributed by atoms with Crippen LogP contribution >= 0.6 is 34.4 Å². The Hall–Kier alpha value is -2.23. The number of β-lactam (4-membered cyclic amide) rings is 1. The Morgan fingerprint density at radius 1 is 1.39 bits per heavy atom. The topological polar surface area (TPSA) is 163 Å². The number of allylic oxidation sites excluding steroid dienone is 1. The van der Waals surface area contributed by atoms with Gasteiger partial charge in [-0.3, -0.25) is 14.5 Å². The number of aromatic nitrogens is 2. The van der Waals surface area contributed by atoms with E-state index in [9.17, 15) is 19.5 Å². The molecule has 0 saturated carbocycles. The van der Waals surface area contributed by atoms with Gasteiger partial charge in [0.1, 0.15) is 24.2 Å². The summed E-state index contributed by atoms with van der Waals surface area (Å²) in [5.74, 6) is -2.41. The van der Waals surface area contributed by atoms with Crippen LogP contribution in [-0.2, 0) is 19.2 Å². The molecule has 15 heteroatoms. The summed E-state index contributed by atoms with van der Waals surface area (Å²) in [6.45, 7) is 0. The molecule has 2 aromatic rings. The fourth-order valence-corrected chi connectivity index (χ4v) is 5.54. The number of hydrogen-bond acceptors (Lipinski definition) is 12. The fraction of sp³-hybridized carbons (Fsp3) is 0.222. The molecule has 1 saturated heterocycles. The fourth-order valence-electron chi connectivity index (χ4n) is 3.15. The van der Waals surface area contributed by atoms with Crippen LogP contribution in [0.2, 0.25) is 0 Å². The maximum Gasteiger partial charge on any atom is 1.00 e. The molecular formula is C18H15N6NaO5S3. The van der Waals surface area contributed by atoms with Crippen molar-refractivity contribution in [2.45, 2.75) is 11.4 Å². The van der Waals surface area contributed by atoms with Crippen LogP contribution in [0.5, 0.6) is 0 Å². The standard InChI is InChI=1S/C18H16N6O5S3.Na/c1-29-23-11(10-6-32-18(19)21-10)14(25)22-12-15(26)24-13(17(27)28)8(4-31-16(12)24)2-3-9-5-30-7-20-9;/h2-3,5-7,12,16H,4H2,1H3,(H2,19,21)(H,22,25)(H,27,28);/q;+1/p-1/t12?,16-;/m0./s1. The van der Waals surface area contributed by atoms with Gasteiger partial charge in [-0.2, -0.15) is 0 Å². The van der Waals surface area contributed by atoms with Gasteiger partial charge in [0.2, 0.25) is 0 Å². The maximum atomic E-state index is 12.8. The minimum absolute atomic E-state index is 0. The second kappa shape index (κ2) is 10.8. The molecule has 0 aliphatic carbocycles. The Labute approximate surface area is 222 Å². The van der Waals surface area contributed by atoms with Crippen LogP contribution < -0.4 is 45.7 Å². The van der Waals surface area contributed by atoms with E-state index >= 15 is 0 Å². The Balaban J connectivity index is 0.00000306. The van der Waals surface area contributed by atoms with Crippen LogP contribution in [0.1, 0.15) is 11.4 Å². The first-order valence-electron chi connectivity index (χ1n) is 8.99. The number of hydrogen-bond donors (Lipinski definition) is 2. The zero-order valence-electron chi connectivity index (χ0n) is 17.4. The van der Waals surface area contributed by atoms with Gasteiger partial charge in [-0.05, 0) is 11.6 Å². The number of carboxylic acid groups (broad SMARTS) is 1. The summed E-state index contributed by atoms with van der Waals surface area (Å²) < 4.78 is 0. The van der Waals surface area contributed by atoms with E-state index in [4.69, 9.17) is 10.6 Å². The van der Waals surface area contributed by atoms with Gasteiger partial charge < -0.3 is 25.8 Å². The third-order valence-corrected chi connectivity index (χ3v) is 7.13. The van der Waals surface area contributed by atoms with Gasteiger partial charge in [-0.15, -0.1) is 34.4 Å². The van der Waals surface area contributed by atoms with Crippen LogP contribution in [0, 0.1) is 0 Å². The number of rotatable bonds is 7. The third kappa shape index (κ3) is 5.15. The predicted molar refractivity (Wildman–Crippen MR) is 118 cm³/mol. The minimum atomic E-state index is -1.47. The zero-order chi connectivity index (χ0) is 22.8. The molecule has 2 aromatic heterocycles. The van der Waals surface area contributed by atoms with Gasteiger partial charge in [-0.25, -0.2) is 9.97 Å². The van der Waals surface area contributed by atoms with Crippen molar-refractivity contribution in [3.05, 3.63) is 45.0 Å². The van der Waals surface area contributed by atoms with Gasteiger partial charge in [-0.1, -0.05) is 11.2 Å². The van der Waals surface area contributed by atoms with Crippen molar-refractivity contribution in [1.29, 1.82) is 0 Å². The molecule has 0 radical (unpaired) electrons. The molecule has 4 rings (SSSR count). The normalized spacial score (nSPS) is 20.2. The SMILES string of the molecule is CON=C(C(=O)NC1C(=O)N2C(C(=O)[O-])=C(C=Cc3cscn3)CS[C@@H]12)c1csc(N)n1.[Na+]. The smallest absolute Gasteiger partial charge is 0.543 e. The molecule has 2 amide bonds. The average molecular weight is 515 g/mol. The Bertz CT molecular complexity index is 1160.